The number of piperazine rings is 1. The molecule has 0 aliphatic carbocycles. The number of hydrogen-bond acceptors (Lipinski definition) is 4. The fourth-order valence-electron chi connectivity index (χ4n) is 4.05. The lowest BCUT2D eigenvalue weighted by Crippen LogP contribution is -3.13. The maximum absolute atomic E-state index is 12.7. The van der Waals surface area contributed by atoms with Crippen molar-refractivity contribution in [1.29, 1.82) is 0 Å². The molecule has 1 aliphatic rings. The molecule has 0 unspecified atom stereocenters. The van der Waals surface area contributed by atoms with E-state index in [0.29, 0.717) is 30.1 Å². The third-order valence-electron chi connectivity index (χ3n) is 5.71. The highest BCUT2D eigenvalue weighted by molar-refractivity contribution is 5.76. The average molecular weight is 414 g/mol. The molecule has 1 aliphatic heterocycles. The Morgan fingerprint density at radius 1 is 0.967 bits per heavy atom. The van der Waals surface area contributed by atoms with Crippen LogP contribution in [0.25, 0.3) is 0 Å². The number of benzene rings is 2. The number of nitrogens with one attached hydrogen (secondary N) is 1. The van der Waals surface area contributed by atoms with Gasteiger partial charge in [0.25, 0.3) is 0 Å². The number of quaternary nitrogens is 1. The highest BCUT2D eigenvalue weighted by atomic mass is 16.5. The van der Waals surface area contributed by atoms with Crippen LogP contribution in [0.3, 0.4) is 0 Å². The van der Waals surface area contributed by atoms with Gasteiger partial charge in [-0.05, 0) is 31.0 Å². The second-order valence-corrected chi connectivity index (χ2v) is 7.83. The highest BCUT2D eigenvalue weighted by Crippen LogP contribution is 2.38. The van der Waals surface area contributed by atoms with Gasteiger partial charge in [0.05, 0.1) is 47.5 Å². The SMILES string of the molecule is COc1cc(CCC(=O)N2CC[NH+](Cc3cccc(C)c3)CC2)cc(OC)c1OC. The van der Waals surface area contributed by atoms with Crippen LogP contribution in [0.5, 0.6) is 17.2 Å². The monoisotopic (exact) mass is 413 g/mol. The first kappa shape index (κ1) is 22.0. The van der Waals surface area contributed by atoms with Crippen molar-refractivity contribution in [3.8, 4) is 17.2 Å². The van der Waals surface area contributed by atoms with Crippen molar-refractivity contribution in [2.75, 3.05) is 47.5 Å². The first-order valence-corrected chi connectivity index (χ1v) is 10.5. The van der Waals surface area contributed by atoms with Crippen molar-refractivity contribution in [1.82, 2.24) is 4.90 Å². The molecule has 1 saturated heterocycles. The molecule has 2 aromatic rings. The average Bonchev–Trinajstić information content (AvgIpc) is 2.77. The summed E-state index contributed by atoms with van der Waals surface area (Å²) in [6, 6.07) is 12.5. The Balaban J connectivity index is 1.51. The molecule has 162 valence electrons. The van der Waals surface area contributed by atoms with Crippen molar-refractivity contribution >= 4 is 5.91 Å². The smallest absolute Gasteiger partial charge is 0.223 e. The fourth-order valence-corrected chi connectivity index (χ4v) is 4.05. The number of rotatable bonds is 8. The molecule has 30 heavy (non-hydrogen) atoms. The zero-order valence-corrected chi connectivity index (χ0v) is 18.5. The topological polar surface area (TPSA) is 52.4 Å². The van der Waals surface area contributed by atoms with Gasteiger partial charge < -0.3 is 24.0 Å². The zero-order valence-electron chi connectivity index (χ0n) is 18.5. The van der Waals surface area contributed by atoms with Crippen LogP contribution in [0.15, 0.2) is 36.4 Å². The highest BCUT2D eigenvalue weighted by Gasteiger charge is 2.24. The summed E-state index contributed by atoms with van der Waals surface area (Å²) in [6.07, 6.45) is 1.12. The standard InChI is InChI=1S/C24H32N2O4/c1-18-6-5-7-20(14-18)17-25-10-12-26(13-11-25)23(27)9-8-19-15-21(28-2)24(30-4)22(16-19)29-3/h5-7,14-16H,8-13,17H2,1-4H3/p+1. The molecule has 3 rings (SSSR count). The van der Waals surface area contributed by atoms with E-state index in [0.717, 1.165) is 38.3 Å². The molecular weight excluding hydrogens is 380 g/mol. The molecule has 0 aromatic heterocycles. The lowest BCUT2D eigenvalue weighted by atomic mass is 10.1. The van der Waals surface area contributed by atoms with Gasteiger partial charge in [-0.25, -0.2) is 0 Å². The number of ether oxygens (including phenoxy) is 3. The second-order valence-electron chi connectivity index (χ2n) is 7.83. The maximum atomic E-state index is 12.7. The fraction of sp³-hybridized carbons (Fsp3) is 0.458. The number of hydrogen-bond donors (Lipinski definition) is 1. The largest absolute Gasteiger partial charge is 0.493 e. The van der Waals surface area contributed by atoms with E-state index in [2.05, 4.69) is 31.2 Å². The summed E-state index contributed by atoms with van der Waals surface area (Å²) in [7, 11) is 4.79. The van der Waals surface area contributed by atoms with E-state index in [9.17, 15) is 4.79 Å². The van der Waals surface area contributed by atoms with Gasteiger partial charge in [-0.1, -0.05) is 29.8 Å². The van der Waals surface area contributed by atoms with Crippen LogP contribution >= 0.6 is 0 Å². The van der Waals surface area contributed by atoms with Crippen molar-refractivity contribution in [3.05, 3.63) is 53.1 Å². The minimum atomic E-state index is 0.207. The molecule has 2 aromatic carbocycles. The summed E-state index contributed by atoms with van der Waals surface area (Å²) in [5, 5.41) is 0. The van der Waals surface area contributed by atoms with E-state index in [-0.39, 0.29) is 5.91 Å². The third kappa shape index (κ3) is 5.45. The Morgan fingerprint density at radius 2 is 1.63 bits per heavy atom. The summed E-state index contributed by atoms with van der Waals surface area (Å²) in [5.41, 5.74) is 3.67. The minimum Gasteiger partial charge on any atom is -0.493 e. The van der Waals surface area contributed by atoms with Gasteiger partial charge in [0, 0.05) is 12.0 Å². The van der Waals surface area contributed by atoms with Gasteiger partial charge in [0.1, 0.15) is 6.54 Å². The van der Waals surface area contributed by atoms with E-state index in [1.54, 1.807) is 21.3 Å². The molecule has 1 N–H and O–H groups in total. The molecule has 0 atom stereocenters. The van der Waals surface area contributed by atoms with Gasteiger partial charge in [-0.2, -0.15) is 0 Å². The Kier molecular flexibility index (Phi) is 7.57. The van der Waals surface area contributed by atoms with Crippen molar-refractivity contribution in [2.24, 2.45) is 0 Å². The number of aryl methyl sites for hydroxylation is 2. The number of nitrogens with zero attached hydrogens (tertiary/aromatic N) is 1. The van der Waals surface area contributed by atoms with E-state index < -0.39 is 0 Å². The summed E-state index contributed by atoms with van der Waals surface area (Å²) < 4.78 is 16.2. The Bertz CT molecular complexity index is 835. The molecule has 1 fully saturated rings. The number of methoxy groups -OCH3 is 3. The predicted molar refractivity (Wildman–Crippen MR) is 117 cm³/mol. The molecule has 6 nitrogen and oxygen atoms in total. The van der Waals surface area contributed by atoms with Crippen molar-refractivity contribution in [3.63, 3.8) is 0 Å². The van der Waals surface area contributed by atoms with Gasteiger partial charge in [-0.15, -0.1) is 0 Å². The molecule has 0 radical (unpaired) electrons. The molecule has 6 heteroatoms. The Hall–Kier alpha value is -2.73. The molecule has 1 amide bonds. The van der Waals surface area contributed by atoms with Crippen LogP contribution in [0, 0.1) is 6.92 Å². The first-order valence-electron chi connectivity index (χ1n) is 10.5. The summed E-state index contributed by atoms with van der Waals surface area (Å²) in [5.74, 6) is 2.02. The molecular formula is C24H33N2O4+. The van der Waals surface area contributed by atoms with Crippen molar-refractivity contribution in [2.45, 2.75) is 26.3 Å². The van der Waals surface area contributed by atoms with Crippen LogP contribution in [0.1, 0.15) is 23.1 Å². The predicted octanol–water partition coefficient (Wildman–Crippen LogP) is 1.88. The summed E-state index contributed by atoms with van der Waals surface area (Å²) in [4.78, 5) is 16.3. The first-order chi connectivity index (χ1) is 14.5. The molecule has 1 heterocycles. The second kappa shape index (κ2) is 10.3. The van der Waals surface area contributed by atoms with Gasteiger partial charge in [0.15, 0.2) is 11.5 Å². The van der Waals surface area contributed by atoms with E-state index in [4.69, 9.17) is 14.2 Å². The van der Waals surface area contributed by atoms with Gasteiger partial charge in [0.2, 0.25) is 11.7 Å². The van der Waals surface area contributed by atoms with Gasteiger partial charge >= 0.3 is 0 Å². The zero-order chi connectivity index (χ0) is 21.5. The summed E-state index contributed by atoms with van der Waals surface area (Å²) >= 11 is 0. The third-order valence-corrected chi connectivity index (χ3v) is 5.71. The Morgan fingerprint density at radius 3 is 2.20 bits per heavy atom. The lowest BCUT2D eigenvalue weighted by Gasteiger charge is -2.32. The normalized spacial score (nSPS) is 14.5. The lowest BCUT2D eigenvalue weighted by molar-refractivity contribution is -0.917. The van der Waals surface area contributed by atoms with E-state index in [1.807, 2.05) is 17.0 Å². The van der Waals surface area contributed by atoms with Gasteiger partial charge in [-0.3, -0.25) is 4.79 Å². The van der Waals surface area contributed by atoms with Crippen LogP contribution < -0.4 is 19.1 Å². The quantitative estimate of drug-likeness (QED) is 0.718. The summed E-state index contributed by atoms with van der Waals surface area (Å²) in [6.45, 7) is 6.76. The number of amides is 1. The van der Waals surface area contributed by atoms with Crippen LogP contribution in [-0.4, -0.2) is 58.3 Å². The minimum absolute atomic E-state index is 0.207. The van der Waals surface area contributed by atoms with Crippen LogP contribution in [-0.2, 0) is 17.8 Å². The van der Waals surface area contributed by atoms with Crippen LogP contribution in [0.4, 0.5) is 0 Å². The molecule has 0 spiro atoms. The number of carbonyl (C=O) groups excluding carboxylic acids is 1. The maximum Gasteiger partial charge on any atom is 0.223 e. The van der Waals surface area contributed by atoms with Crippen molar-refractivity contribution < 1.29 is 23.9 Å². The Labute approximate surface area is 179 Å². The van der Waals surface area contributed by atoms with E-state index in [1.165, 1.54) is 16.0 Å². The molecule has 0 saturated carbocycles. The van der Waals surface area contributed by atoms with E-state index >= 15 is 0 Å². The van der Waals surface area contributed by atoms with Crippen LogP contribution in [0.2, 0.25) is 0 Å². The molecule has 0 bridgehead atoms. The number of carbonyl (C=O) groups is 1.